The number of hydrogen-bond donors (Lipinski definition) is 1. The predicted octanol–water partition coefficient (Wildman–Crippen LogP) is 3.58. The van der Waals surface area contributed by atoms with Crippen LogP contribution in [-0.4, -0.2) is 58.0 Å². The number of anilines is 2. The van der Waals surface area contributed by atoms with E-state index in [1.807, 2.05) is 4.90 Å². The summed E-state index contributed by atoms with van der Waals surface area (Å²) in [4.78, 5) is 14.8. The molecule has 0 unspecified atom stereocenters. The van der Waals surface area contributed by atoms with Gasteiger partial charge in [-0.05, 0) is 55.3 Å². The highest BCUT2D eigenvalue weighted by atomic mass is 32.2. The average molecular weight is 484 g/mol. The van der Waals surface area contributed by atoms with Crippen LogP contribution in [0.5, 0.6) is 0 Å². The third kappa shape index (κ3) is 5.15. The first-order valence-electron chi connectivity index (χ1n) is 10.6. The van der Waals surface area contributed by atoms with Gasteiger partial charge in [0.1, 0.15) is 0 Å². The normalized spacial score (nSPS) is 17.8. The van der Waals surface area contributed by atoms with E-state index in [-0.39, 0.29) is 29.2 Å². The monoisotopic (exact) mass is 483 g/mol. The number of carbonyl (C=O) groups is 1. The molecule has 7 nitrogen and oxygen atoms in total. The number of halogens is 3. The molecule has 33 heavy (non-hydrogen) atoms. The van der Waals surface area contributed by atoms with Crippen LogP contribution in [0.25, 0.3) is 0 Å². The molecular weight excluding hydrogens is 459 g/mol. The van der Waals surface area contributed by atoms with Gasteiger partial charge in [-0.25, -0.2) is 8.42 Å². The lowest BCUT2D eigenvalue weighted by molar-refractivity contribution is -0.137. The van der Waals surface area contributed by atoms with E-state index in [1.54, 1.807) is 0 Å². The summed E-state index contributed by atoms with van der Waals surface area (Å²) >= 11 is 0. The van der Waals surface area contributed by atoms with E-state index in [4.69, 9.17) is 4.74 Å². The van der Waals surface area contributed by atoms with Crippen molar-refractivity contribution in [1.82, 2.24) is 4.31 Å². The van der Waals surface area contributed by atoms with Crippen LogP contribution in [-0.2, 0) is 20.9 Å². The largest absolute Gasteiger partial charge is 0.416 e. The van der Waals surface area contributed by atoms with E-state index in [0.29, 0.717) is 32.0 Å². The van der Waals surface area contributed by atoms with Crippen molar-refractivity contribution in [3.05, 3.63) is 53.6 Å². The minimum Gasteiger partial charge on any atom is -0.379 e. The Morgan fingerprint density at radius 3 is 2.18 bits per heavy atom. The molecule has 2 saturated heterocycles. The second kappa shape index (κ2) is 9.32. The van der Waals surface area contributed by atoms with Gasteiger partial charge in [-0.15, -0.1) is 0 Å². The average Bonchev–Trinajstić information content (AvgIpc) is 3.34. The third-order valence-corrected chi connectivity index (χ3v) is 7.66. The van der Waals surface area contributed by atoms with Crippen molar-refractivity contribution in [2.75, 3.05) is 49.6 Å². The molecular formula is C22H24F3N3O4S. The van der Waals surface area contributed by atoms with E-state index in [9.17, 15) is 26.4 Å². The minimum atomic E-state index is -4.54. The molecule has 2 heterocycles. The number of nitrogens with one attached hydrogen (secondary N) is 1. The third-order valence-electron chi connectivity index (χ3n) is 5.74. The van der Waals surface area contributed by atoms with Crippen molar-refractivity contribution in [2.45, 2.75) is 23.9 Å². The number of hydrogen-bond acceptors (Lipinski definition) is 5. The Hall–Kier alpha value is -2.63. The molecule has 0 saturated carbocycles. The van der Waals surface area contributed by atoms with Crippen LogP contribution in [0.2, 0.25) is 0 Å². The molecule has 2 aliphatic rings. The molecule has 0 radical (unpaired) electrons. The molecule has 2 fully saturated rings. The molecule has 0 atom stereocenters. The van der Waals surface area contributed by atoms with Gasteiger partial charge in [-0.3, -0.25) is 4.79 Å². The van der Waals surface area contributed by atoms with Gasteiger partial charge in [-0.2, -0.15) is 17.5 Å². The SMILES string of the molecule is O=C(Nc1cc(C(F)(F)F)ccc1N1CCCC1)c1ccc(S(=O)(=O)N2CCOCC2)cc1. The summed E-state index contributed by atoms with van der Waals surface area (Å²) in [6, 6.07) is 8.68. The van der Waals surface area contributed by atoms with Crippen molar-refractivity contribution < 1.29 is 31.1 Å². The number of morpholine rings is 1. The van der Waals surface area contributed by atoms with Crippen LogP contribution in [0.1, 0.15) is 28.8 Å². The zero-order valence-electron chi connectivity index (χ0n) is 17.8. The molecule has 0 spiro atoms. The lowest BCUT2D eigenvalue weighted by Crippen LogP contribution is -2.40. The van der Waals surface area contributed by atoms with Gasteiger partial charge in [0.05, 0.1) is 35.0 Å². The maximum atomic E-state index is 13.3. The van der Waals surface area contributed by atoms with E-state index in [1.165, 1.54) is 34.6 Å². The fourth-order valence-electron chi connectivity index (χ4n) is 3.96. The summed E-state index contributed by atoms with van der Waals surface area (Å²) in [6.07, 6.45) is -2.69. The first-order chi connectivity index (χ1) is 15.7. The van der Waals surface area contributed by atoms with Crippen molar-refractivity contribution in [2.24, 2.45) is 0 Å². The summed E-state index contributed by atoms with van der Waals surface area (Å²) in [5.41, 5.74) is -0.115. The Bertz CT molecular complexity index is 1110. The van der Waals surface area contributed by atoms with Crippen LogP contribution in [0.3, 0.4) is 0 Å². The topological polar surface area (TPSA) is 79.0 Å². The van der Waals surface area contributed by atoms with Gasteiger partial charge in [0.25, 0.3) is 5.91 Å². The second-order valence-corrected chi connectivity index (χ2v) is 9.86. The number of amides is 1. The molecule has 11 heteroatoms. The maximum Gasteiger partial charge on any atom is 0.416 e. The molecule has 0 aliphatic carbocycles. The molecule has 2 aromatic carbocycles. The Morgan fingerprint density at radius 2 is 1.58 bits per heavy atom. The molecule has 2 aliphatic heterocycles. The number of benzene rings is 2. The van der Waals surface area contributed by atoms with Crippen LogP contribution in [0.15, 0.2) is 47.4 Å². The zero-order valence-corrected chi connectivity index (χ0v) is 18.6. The summed E-state index contributed by atoms with van der Waals surface area (Å²) in [5.74, 6) is -0.620. The zero-order chi connectivity index (χ0) is 23.6. The van der Waals surface area contributed by atoms with Crippen molar-refractivity contribution in [1.29, 1.82) is 0 Å². The number of nitrogens with zero attached hydrogens (tertiary/aromatic N) is 2. The predicted molar refractivity (Wildman–Crippen MR) is 117 cm³/mol. The lowest BCUT2D eigenvalue weighted by Gasteiger charge is -2.26. The lowest BCUT2D eigenvalue weighted by atomic mass is 10.1. The maximum absolute atomic E-state index is 13.3. The Labute approximate surface area is 190 Å². The summed E-state index contributed by atoms with van der Waals surface area (Å²) in [7, 11) is -3.71. The molecule has 1 N–H and O–H groups in total. The summed E-state index contributed by atoms with van der Waals surface area (Å²) in [5, 5.41) is 2.58. The smallest absolute Gasteiger partial charge is 0.379 e. The van der Waals surface area contributed by atoms with Crippen LogP contribution in [0, 0.1) is 0 Å². The van der Waals surface area contributed by atoms with E-state index >= 15 is 0 Å². The van der Waals surface area contributed by atoms with Gasteiger partial charge in [0, 0.05) is 31.7 Å². The van der Waals surface area contributed by atoms with Gasteiger partial charge >= 0.3 is 6.18 Å². The van der Waals surface area contributed by atoms with E-state index in [2.05, 4.69) is 5.32 Å². The number of sulfonamides is 1. The first kappa shape index (κ1) is 23.5. The quantitative estimate of drug-likeness (QED) is 0.704. The molecule has 2 aromatic rings. The Kier molecular flexibility index (Phi) is 6.64. The van der Waals surface area contributed by atoms with Gasteiger partial charge in [0.2, 0.25) is 10.0 Å². The fourth-order valence-corrected chi connectivity index (χ4v) is 5.36. The fraction of sp³-hybridized carbons (Fsp3) is 0.409. The molecule has 0 bridgehead atoms. The number of ether oxygens (including phenoxy) is 1. The standard InChI is InChI=1S/C22H24F3N3O4S/c23-22(24,25)17-5-8-20(27-9-1-2-10-27)19(15-17)26-21(29)16-3-6-18(7-4-16)33(30,31)28-11-13-32-14-12-28/h3-8,15H,1-2,9-14H2,(H,26,29). The van der Waals surface area contributed by atoms with Crippen molar-refractivity contribution >= 4 is 27.3 Å². The minimum absolute atomic E-state index is 0.0396. The van der Waals surface area contributed by atoms with Gasteiger partial charge in [0.15, 0.2) is 0 Å². The van der Waals surface area contributed by atoms with Crippen LogP contribution < -0.4 is 10.2 Å². The summed E-state index contributed by atoms with van der Waals surface area (Å²) < 4.78 is 71.7. The van der Waals surface area contributed by atoms with E-state index in [0.717, 1.165) is 25.0 Å². The molecule has 178 valence electrons. The second-order valence-electron chi connectivity index (χ2n) is 7.92. The van der Waals surface area contributed by atoms with E-state index < -0.39 is 27.7 Å². The molecule has 0 aromatic heterocycles. The Morgan fingerprint density at radius 1 is 0.939 bits per heavy atom. The number of alkyl halides is 3. The number of rotatable bonds is 5. The molecule has 4 rings (SSSR count). The van der Waals surface area contributed by atoms with Gasteiger partial charge in [-0.1, -0.05) is 0 Å². The van der Waals surface area contributed by atoms with Crippen molar-refractivity contribution in [3.63, 3.8) is 0 Å². The highest BCUT2D eigenvalue weighted by Gasteiger charge is 2.32. The highest BCUT2D eigenvalue weighted by molar-refractivity contribution is 7.89. The highest BCUT2D eigenvalue weighted by Crippen LogP contribution is 2.36. The van der Waals surface area contributed by atoms with Crippen LogP contribution in [0.4, 0.5) is 24.5 Å². The first-order valence-corrected chi connectivity index (χ1v) is 12.1. The Balaban J connectivity index is 1.56. The number of carbonyl (C=O) groups excluding carboxylic acids is 1. The molecule has 1 amide bonds. The summed E-state index contributed by atoms with van der Waals surface area (Å²) in [6.45, 7) is 2.52. The van der Waals surface area contributed by atoms with Gasteiger partial charge < -0.3 is 15.0 Å². The van der Waals surface area contributed by atoms with Crippen LogP contribution >= 0.6 is 0 Å². The van der Waals surface area contributed by atoms with Crippen molar-refractivity contribution in [3.8, 4) is 0 Å².